The molecule has 1 aromatic carbocycles. The first-order chi connectivity index (χ1) is 21.1. The molecule has 0 unspecified atom stereocenters. The van der Waals surface area contributed by atoms with Gasteiger partial charge in [-0.05, 0) is 43.7 Å². The Morgan fingerprint density at radius 3 is 1.27 bits per heavy atom. The van der Waals surface area contributed by atoms with Crippen LogP contribution in [0.25, 0.3) is 0 Å². The average molecular weight is 623 g/mol. The molecule has 1 aliphatic rings. The molecule has 1 aliphatic heterocycles. The molecule has 0 bridgehead atoms. The maximum absolute atomic E-state index is 11.4. The third-order valence-electron chi connectivity index (χ3n) is 7.75. The highest BCUT2D eigenvalue weighted by molar-refractivity contribution is 5.87. The van der Waals surface area contributed by atoms with Gasteiger partial charge in [-0.3, -0.25) is 29.1 Å². The molecule has 13 heteroatoms. The standard InChI is InChI=1S/C31H50N4O9/c36-28(37)23-33-16-14-32(15-17-34(24-29(38)39)19-21-35(20-18-33)25-30(40)41)13-7-5-3-1-2-4-6-8-22-44-27-11-9-26(10-12-27)31(42)43/h9-12H,1-8,13-25H2,(H,36,37)(H,38,39)(H,40,41)(H,42,43). The van der Waals surface area contributed by atoms with Gasteiger partial charge in [0.05, 0.1) is 31.8 Å². The second-order valence-electron chi connectivity index (χ2n) is 11.4. The van der Waals surface area contributed by atoms with Gasteiger partial charge in [-0.15, -0.1) is 0 Å². The molecular weight excluding hydrogens is 572 g/mol. The zero-order chi connectivity index (χ0) is 32.2. The third kappa shape index (κ3) is 17.1. The van der Waals surface area contributed by atoms with E-state index in [2.05, 4.69) is 4.90 Å². The van der Waals surface area contributed by atoms with Gasteiger partial charge in [0.1, 0.15) is 5.75 Å². The Kier molecular flexibility index (Phi) is 18.0. The highest BCUT2D eigenvalue weighted by Crippen LogP contribution is 2.14. The summed E-state index contributed by atoms with van der Waals surface area (Å²) < 4.78 is 5.69. The van der Waals surface area contributed by atoms with E-state index >= 15 is 0 Å². The van der Waals surface area contributed by atoms with Gasteiger partial charge < -0.3 is 30.1 Å². The number of aliphatic carboxylic acids is 3. The van der Waals surface area contributed by atoms with Crippen molar-refractivity contribution in [3.63, 3.8) is 0 Å². The zero-order valence-electron chi connectivity index (χ0n) is 25.8. The highest BCUT2D eigenvalue weighted by atomic mass is 16.5. The minimum absolute atomic E-state index is 0.105. The van der Waals surface area contributed by atoms with E-state index in [0.717, 1.165) is 57.9 Å². The summed E-state index contributed by atoms with van der Waals surface area (Å²) >= 11 is 0. The lowest BCUT2D eigenvalue weighted by Crippen LogP contribution is -2.48. The van der Waals surface area contributed by atoms with E-state index in [-0.39, 0.29) is 25.2 Å². The number of hydrogen-bond acceptors (Lipinski definition) is 9. The zero-order valence-corrected chi connectivity index (χ0v) is 25.8. The van der Waals surface area contributed by atoms with Crippen LogP contribution in [0.2, 0.25) is 0 Å². The molecule has 1 heterocycles. The summed E-state index contributed by atoms with van der Waals surface area (Å²) in [5.41, 5.74) is 0.244. The Morgan fingerprint density at radius 2 is 0.886 bits per heavy atom. The van der Waals surface area contributed by atoms with E-state index in [0.29, 0.717) is 64.7 Å². The molecule has 0 spiro atoms. The Bertz CT molecular complexity index is 976. The summed E-state index contributed by atoms with van der Waals surface area (Å²) in [5, 5.41) is 37.0. The van der Waals surface area contributed by atoms with E-state index in [4.69, 9.17) is 9.84 Å². The highest BCUT2D eigenvalue weighted by Gasteiger charge is 2.20. The molecule has 2 rings (SSSR count). The number of aromatic carboxylic acids is 1. The molecule has 0 saturated carbocycles. The third-order valence-corrected chi connectivity index (χ3v) is 7.75. The van der Waals surface area contributed by atoms with Crippen LogP contribution in [0.1, 0.15) is 61.7 Å². The normalized spacial score (nSPS) is 16.5. The number of carbonyl (C=O) groups is 4. The van der Waals surface area contributed by atoms with Crippen molar-refractivity contribution in [1.29, 1.82) is 0 Å². The van der Waals surface area contributed by atoms with Gasteiger partial charge in [0.25, 0.3) is 0 Å². The van der Waals surface area contributed by atoms with Crippen LogP contribution in [0.15, 0.2) is 24.3 Å². The number of carboxylic acid groups (broad SMARTS) is 4. The average Bonchev–Trinajstić information content (AvgIpc) is 2.96. The number of benzene rings is 1. The molecule has 1 fully saturated rings. The first-order valence-electron chi connectivity index (χ1n) is 15.6. The molecule has 44 heavy (non-hydrogen) atoms. The lowest BCUT2D eigenvalue weighted by atomic mass is 10.1. The minimum Gasteiger partial charge on any atom is -0.494 e. The number of unbranched alkanes of at least 4 members (excludes halogenated alkanes) is 7. The predicted molar refractivity (Wildman–Crippen MR) is 164 cm³/mol. The van der Waals surface area contributed by atoms with E-state index in [9.17, 15) is 34.5 Å². The molecular formula is C31H50N4O9. The van der Waals surface area contributed by atoms with Crippen LogP contribution in [-0.4, -0.2) is 149 Å². The van der Waals surface area contributed by atoms with Crippen LogP contribution in [-0.2, 0) is 14.4 Å². The van der Waals surface area contributed by atoms with Crippen LogP contribution >= 0.6 is 0 Å². The number of nitrogens with zero attached hydrogens (tertiary/aromatic N) is 4. The van der Waals surface area contributed by atoms with Gasteiger partial charge in [-0.25, -0.2) is 4.79 Å². The maximum atomic E-state index is 11.4. The molecule has 1 saturated heterocycles. The number of rotatable bonds is 19. The van der Waals surface area contributed by atoms with Gasteiger partial charge in [0.2, 0.25) is 0 Å². The van der Waals surface area contributed by atoms with E-state index in [1.54, 1.807) is 17.0 Å². The van der Waals surface area contributed by atoms with Crippen LogP contribution < -0.4 is 4.74 Å². The van der Waals surface area contributed by atoms with E-state index < -0.39 is 23.9 Å². The van der Waals surface area contributed by atoms with Crippen molar-refractivity contribution in [2.45, 2.75) is 51.4 Å². The lowest BCUT2D eigenvalue weighted by molar-refractivity contribution is -0.140. The molecule has 0 aromatic heterocycles. The van der Waals surface area contributed by atoms with E-state index in [1.807, 2.05) is 9.80 Å². The molecule has 1 aromatic rings. The Morgan fingerprint density at radius 1 is 0.523 bits per heavy atom. The van der Waals surface area contributed by atoms with Crippen molar-refractivity contribution in [2.75, 3.05) is 85.1 Å². The summed E-state index contributed by atoms with van der Waals surface area (Å²) in [7, 11) is 0. The summed E-state index contributed by atoms with van der Waals surface area (Å²) in [6, 6.07) is 6.44. The summed E-state index contributed by atoms with van der Waals surface area (Å²) in [5.74, 6) is -3.07. The molecule has 13 nitrogen and oxygen atoms in total. The smallest absolute Gasteiger partial charge is 0.335 e. The van der Waals surface area contributed by atoms with Crippen molar-refractivity contribution in [3.05, 3.63) is 29.8 Å². The summed E-state index contributed by atoms with van der Waals surface area (Å²) in [6.07, 6.45) is 8.71. The second-order valence-corrected chi connectivity index (χ2v) is 11.4. The first-order valence-corrected chi connectivity index (χ1v) is 15.6. The van der Waals surface area contributed by atoms with Crippen molar-refractivity contribution in [2.24, 2.45) is 0 Å². The number of carboxylic acids is 4. The van der Waals surface area contributed by atoms with Crippen molar-refractivity contribution in [1.82, 2.24) is 19.6 Å². The lowest BCUT2D eigenvalue weighted by Gasteiger charge is -2.33. The van der Waals surface area contributed by atoms with Crippen LogP contribution in [0.4, 0.5) is 0 Å². The molecule has 0 aliphatic carbocycles. The summed E-state index contributed by atoms with van der Waals surface area (Å²) in [6.45, 7) is 5.16. The summed E-state index contributed by atoms with van der Waals surface area (Å²) in [4.78, 5) is 52.8. The van der Waals surface area contributed by atoms with Gasteiger partial charge in [-0.1, -0.05) is 38.5 Å². The topological polar surface area (TPSA) is 171 Å². The minimum atomic E-state index is -0.966. The van der Waals surface area contributed by atoms with Crippen molar-refractivity contribution < 1.29 is 44.3 Å². The van der Waals surface area contributed by atoms with Gasteiger partial charge in [0.15, 0.2) is 0 Å². The number of ether oxygens (including phenoxy) is 1. The quantitative estimate of drug-likeness (QED) is 0.166. The number of hydrogen-bond donors (Lipinski definition) is 4. The fourth-order valence-corrected chi connectivity index (χ4v) is 5.23. The Balaban J connectivity index is 1.70. The largest absolute Gasteiger partial charge is 0.494 e. The maximum Gasteiger partial charge on any atom is 0.335 e. The van der Waals surface area contributed by atoms with Crippen molar-refractivity contribution in [3.8, 4) is 5.75 Å². The van der Waals surface area contributed by atoms with Crippen LogP contribution in [0, 0.1) is 0 Å². The molecule has 0 atom stereocenters. The fourth-order valence-electron chi connectivity index (χ4n) is 5.23. The van der Waals surface area contributed by atoms with E-state index in [1.165, 1.54) is 12.1 Å². The molecule has 248 valence electrons. The van der Waals surface area contributed by atoms with Gasteiger partial charge >= 0.3 is 23.9 Å². The van der Waals surface area contributed by atoms with Crippen LogP contribution in [0.3, 0.4) is 0 Å². The monoisotopic (exact) mass is 622 g/mol. The predicted octanol–water partition coefficient (Wildman–Crippen LogP) is 2.36. The fraction of sp³-hybridized carbons (Fsp3) is 0.677. The molecule has 0 amide bonds. The molecule has 4 N–H and O–H groups in total. The van der Waals surface area contributed by atoms with Gasteiger partial charge in [-0.2, -0.15) is 0 Å². The molecule has 0 radical (unpaired) electrons. The van der Waals surface area contributed by atoms with Crippen molar-refractivity contribution >= 4 is 23.9 Å². The van der Waals surface area contributed by atoms with Gasteiger partial charge in [0, 0.05) is 52.4 Å². The SMILES string of the molecule is O=C(O)CN1CCN(CCCCCCCCCCOc2ccc(C(=O)O)cc2)CCN(CC(=O)O)CCN(CC(=O)O)CC1. The van der Waals surface area contributed by atoms with Crippen LogP contribution in [0.5, 0.6) is 5.75 Å². The Hall–Kier alpha value is -3.26. The first kappa shape index (κ1) is 36.9. The second kappa shape index (κ2) is 21.4. The Labute approximate surface area is 260 Å².